The maximum Gasteiger partial charge on any atom is 0.263 e. The van der Waals surface area contributed by atoms with Crippen LogP contribution in [0.5, 0.6) is 0 Å². The average molecular weight is 268 g/mol. The van der Waals surface area contributed by atoms with Gasteiger partial charge in [0.25, 0.3) is 11.8 Å². The van der Waals surface area contributed by atoms with E-state index in [1.807, 2.05) is 12.1 Å². The quantitative estimate of drug-likeness (QED) is 0.746. The van der Waals surface area contributed by atoms with Crippen LogP contribution >= 0.6 is 0 Å². The SMILES string of the molecule is O=C1C2=C(CCCC2)C(=O)N1c1noc2ccccc12. The van der Waals surface area contributed by atoms with E-state index in [0.717, 1.165) is 12.8 Å². The number of hydrogen-bond acceptors (Lipinski definition) is 4. The number of carbonyl (C=O) groups excluding carboxylic acids is 2. The van der Waals surface area contributed by atoms with Crippen LogP contribution in [0.2, 0.25) is 0 Å². The molecule has 1 aromatic carbocycles. The van der Waals surface area contributed by atoms with Crippen molar-refractivity contribution in [2.24, 2.45) is 0 Å². The van der Waals surface area contributed by atoms with Crippen LogP contribution in [0.15, 0.2) is 39.9 Å². The molecule has 1 aromatic heterocycles. The monoisotopic (exact) mass is 268 g/mol. The van der Waals surface area contributed by atoms with Crippen LogP contribution in [-0.4, -0.2) is 17.0 Å². The van der Waals surface area contributed by atoms with Gasteiger partial charge in [0, 0.05) is 11.1 Å². The van der Waals surface area contributed by atoms with E-state index < -0.39 is 0 Å². The van der Waals surface area contributed by atoms with Crippen LogP contribution in [0.3, 0.4) is 0 Å². The Morgan fingerprint density at radius 3 is 2.35 bits per heavy atom. The molecule has 0 N–H and O–H groups in total. The fourth-order valence-electron chi connectivity index (χ4n) is 2.97. The molecule has 0 atom stereocenters. The van der Waals surface area contributed by atoms with Crippen molar-refractivity contribution in [1.82, 2.24) is 5.16 Å². The van der Waals surface area contributed by atoms with Gasteiger partial charge in [-0.3, -0.25) is 9.59 Å². The number of nitrogens with zero attached hydrogens (tertiary/aromatic N) is 2. The van der Waals surface area contributed by atoms with Gasteiger partial charge in [-0.05, 0) is 37.8 Å². The fourth-order valence-corrected chi connectivity index (χ4v) is 2.97. The van der Waals surface area contributed by atoms with E-state index in [9.17, 15) is 9.59 Å². The topological polar surface area (TPSA) is 63.4 Å². The Hall–Kier alpha value is -2.43. The second-order valence-corrected chi connectivity index (χ2v) is 5.11. The number of para-hydroxylation sites is 1. The molecule has 4 rings (SSSR count). The molecule has 0 spiro atoms. The number of benzene rings is 1. The molecule has 1 aliphatic carbocycles. The molecule has 0 fully saturated rings. The minimum Gasteiger partial charge on any atom is -0.354 e. The van der Waals surface area contributed by atoms with Crippen molar-refractivity contribution in [1.29, 1.82) is 0 Å². The Labute approximate surface area is 114 Å². The van der Waals surface area contributed by atoms with Crippen molar-refractivity contribution >= 4 is 28.6 Å². The Morgan fingerprint density at radius 1 is 1.00 bits per heavy atom. The minimum absolute atomic E-state index is 0.233. The molecule has 0 bridgehead atoms. The van der Waals surface area contributed by atoms with Gasteiger partial charge in [-0.25, -0.2) is 4.90 Å². The van der Waals surface area contributed by atoms with Crippen molar-refractivity contribution in [3.05, 3.63) is 35.4 Å². The summed E-state index contributed by atoms with van der Waals surface area (Å²) in [4.78, 5) is 26.1. The summed E-state index contributed by atoms with van der Waals surface area (Å²) in [5, 5.41) is 4.61. The fraction of sp³-hybridized carbons (Fsp3) is 0.267. The molecule has 2 aliphatic rings. The van der Waals surface area contributed by atoms with Crippen molar-refractivity contribution in [2.45, 2.75) is 25.7 Å². The van der Waals surface area contributed by atoms with E-state index in [0.29, 0.717) is 40.8 Å². The third kappa shape index (κ3) is 1.40. The molecule has 0 saturated heterocycles. The zero-order valence-electron chi connectivity index (χ0n) is 10.8. The van der Waals surface area contributed by atoms with Gasteiger partial charge in [-0.15, -0.1) is 0 Å². The molecular formula is C15H12N2O3. The molecular weight excluding hydrogens is 256 g/mol. The molecule has 20 heavy (non-hydrogen) atoms. The summed E-state index contributed by atoms with van der Waals surface area (Å²) in [6, 6.07) is 7.23. The van der Waals surface area contributed by atoms with Crippen LogP contribution in [-0.2, 0) is 9.59 Å². The van der Waals surface area contributed by atoms with Gasteiger partial charge in [-0.2, -0.15) is 0 Å². The highest BCUT2D eigenvalue weighted by atomic mass is 16.5. The van der Waals surface area contributed by atoms with Crippen LogP contribution < -0.4 is 4.90 Å². The number of rotatable bonds is 1. The first-order chi connectivity index (χ1) is 9.77. The van der Waals surface area contributed by atoms with E-state index in [2.05, 4.69) is 5.16 Å². The lowest BCUT2D eigenvalue weighted by atomic mass is 9.93. The third-order valence-corrected chi connectivity index (χ3v) is 3.96. The predicted octanol–water partition coefficient (Wildman–Crippen LogP) is 2.57. The van der Waals surface area contributed by atoms with Gasteiger partial charge in [0.05, 0.1) is 5.39 Å². The van der Waals surface area contributed by atoms with Gasteiger partial charge in [0.2, 0.25) is 0 Å². The Balaban J connectivity index is 1.84. The van der Waals surface area contributed by atoms with Gasteiger partial charge < -0.3 is 4.52 Å². The van der Waals surface area contributed by atoms with Crippen LogP contribution in [0.4, 0.5) is 5.82 Å². The summed E-state index contributed by atoms with van der Waals surface area (Å²) < 4.78 is 5.20. The highest BCUT2D eigenvalue weighted by Gasteiger charge is 2.41. The first-order valence-corrected chi connectivity index (χ1v) is 6.72. The normalized spacial score (nSPS) is 19.1. The summed E-state index contributed by atoms with van der Waals surface area (Å²) in [6.45, 7) is 0. The van der Waals surface area contributed by atoms with Gasteiger partial charge in [0.15, 0.2) is 11.4 Å². The lowest BCUT2D eigenvalue weighted by Gasteiger charge is -2.10. The lowest BCUT2D eigenvalue weighted by Crippen LogP contribution is -2.31. The maximum absolute atomic E-state index is 12.5. The van der Waals surface area contributed by atoms with Crippen molar-refractivity contribution in [3.63, 3.8) is 0 Å². The van der Waals surface area contributed by atoms with Gasteiger partial charge in [-0.1, -0.05) is 17.3 Å². The lowest BCUT2D eigenvalue weighted by molar-refractivity contribution is -0.120. The van der Waals surface area contributed by atoms with Crippen molar-refractivity contribution in [3.8, 4) is 0 Å². The highest BCUT2D eigenvalue weighted by Crippen LogP contribution is 2.37. The highest BCUT2D eigenvalue weighted by molar-refractivity contribution is 6.34. The molecule has 0 unspecified atom stereocenters. The van der Waals surface area contributed by atoms with Gasteiger partial charge >= 0.3 is 0 Å². The largest absolute Gasteiger partial charge is 0.354 e. The smallest absolute Gasteiger partial charge is 0.263 e. The Bertz CT molecular complexity index is 744. The zero-order valence-corrected chi connectivity index (χ0v) is 10.8. The van der Waals surface area contributed by atoms with Gasteiger partial charge in [0.1, 0.15) is 0 Å². The third-order valence-electron chi connectivity index (χ3n) is 3.96. The molecule has 5 heteroatoms. The molecule has 0 saturated carbocycles. The van der Waals surface area contributed by atoms with Crippen molar-refractivity contribution < 1.29 is 14.1 Å². The van der Waals surface area contributed by atoms with Crippen LogP contribution in [0.1, 0.15) is 25.7 Å². The Kier molecular flexibility index (Phi) is 2.30. The molecule has 5 nitrogen and oxygen atoms in total. The number of aromatic nitrogens is 1. The second-order valence-electron chi connectivity index (χ2n) is 5.11. The first kappa shape index (κ1) is 11.4. The molecule has 1 aliphatic heterocycles. The number of fused-ring (bicyclic) bond motifs is 1. The van der Waals surface area contributed by atoms with Crippen LogP contribution in [0.25, 0.3) is 11.0 Å². The summed E-state index contributed by atoms with van der Waals surface area (Å²) in [6.07, 6.45) is 3.30. The summed E-state index contributed by atoms with van der Waals surface area (Å²) in [7, 11) is 0. The number of anilines is 1. The summed E-state index contributed by atoms with van der Waals surface area (Å²) in [5.74, 6) is -0.155. The zero-order chi connectivity index (χ0) is 13.7. The van der Waals surface area contributed by atoms with E-state index in [4.69, 9.17) is 4.52 Å². The first-order valence-electron chi connectivity index (χ1n) is 6.72. The molecule has 2 heterocycles. The second kappa shape index (κ2) is 4.03. The van der Waals surface area contributed by atoms with E-state index >= 15 is 0 Å². The van der Waals surface area contributed by atoms with E-state index in [-0.39, 0.29) is 11.8 Å². The molecule has 2 amide bonds. The van der Waals surface area contributed by atoms with E-state index in [1.165, 1.54) is 4.90 Å². The maximum atomic E-state index is 12.5. The average Bonchev–Trinajstić information content (AvgIpc) is 3.01. The molecule has 100 valence electrons. The van der Waals surface area contributed by atoms with Crippen LogP contribution in [0, 0.1) is 0 Å². The number of amides is 2. The molecule has 2 aromatic rings. The summed E-state index contributed by atoms with van der Waals surface area (Å²) in [5.41, 5.74) is 1.90. The molecule has 0 radical (unpaired) electrons. The van der Waals surface area contributed by atoms with E-state index in [1.54, 1.807) is 12.1 Å². The van der Waals surface area contributed by atoms with Crippen molar-refractivity contribution in [2.75, 3.05) is 4.90 Å². The standard InChI is InChI=1S/C15H12N2O3/c18-14-9-5-1-2-6-10(9)15(19)17(14)13-11-7-3-4-8-12(11)20-16-13/h3-4,7-8H,1-2,5-6H2. The number of imide groups is 1. The predicted molar refractivity (Wildman–Crippen MR) is 72.0 cm³/mol. The Morgan fingerprint density at radius 2 is 1.65 bits per heavy atom. The number of hydrogen-bond donors (Lipinski definition) is 0. The minimum atomic E-state index is -0.233. The summed E-state index contributed by atoms with van der Waals surface area (Å²) >= 11 is 0. The number of carbonyl (C=O) groups is 2.